The molecule has 3 heterocycles. The summed E-state index contributed by atoms with van der Waals surface area (Å²) >= 11 is 0. The molecule has 0 bridgehead atoms. The quantitative estimate of drug-likeness (QED) is 0.739. The fourth-order valence-corrected chi connectivity index (χ4v) is 3.16. The number of hydrogen-bond donors (Lipinski definition) is 0. The van der Waals surface area contributed by atoms with Gasteiger partial charge in [0.05, 0.1) is 5.52 Å². The summed E-state index contributed by atoms with van der Waals surface area (Å²) in [5.74, 6) is 1.71. The molecule has 1 unspecified atom stereocenters. The van der Waals surface area contributed by atoms with Crippen molar-refractivity contribution in [1.29, 1.82) is 0 Å². The minimum absolute atomic E-state index is 0.685. The molecule has 0 saturated carbocycles. The highest BCUT2D eigenvalue weighted by atomic mass is 16.5. The highest BCUT2D eigenvalue weighted by Crippen LogP contribution is 2.27. The monoisotopic (exact) mass is 293 g/mol. The molecule has 1 aromatic carbocycles. The maximum atomic E-state index is 5.47. The van der Waals surface area contributed by atoms with Crippen LogP contribution in [0.15, 0.2) is 48.9 Å². The van der Waals surface area contributed by atoms with Gasteiger partial charge in [-0.2, -0.15) is 0 Å². The van der Waals surface area contributed by atoms with E-state index in [9.17, 15) is 0 Å². The maximum absolute atomic E-state index is 5.47. The van der Waals surface area contributed by atoms with Gasteiger partial charge in [0, 0.05) is 49.3 Å². The molecule has 0 N–H and O–H groups in total. The molecule has 112 valence electrons. The van der Waals surface area contributed by atoms with Gasteiger partial charge in [-0.1, -0.05) is 18.2 Å². The van der Waals surface area contributed by atoms with Crippen molar-refractivity contribution in [3.8, 4) is 11.4 Å². The van der Waals surface area contributed by atoms with E-state index in [1.165, 1.54) is 6.42 Å². The number of aryl methyl sites for hydroxylation is 1. The van der Waals surface area contributed by atoms with E-state index in [0.717, 1.165) is 48.5 Å². The Morgan fingerprint density at radius 3 is 3.00 bits per heavy atom. The summed E-state index contributed by atoms with van der Waals surface area (Å²) in [5.41, 5.74) is 2.16. The molecule has 1 saturated heterocycles. The first-order valence-corrected chi connectivity index (χ1v) is 7.85. The van der Waals surface area contributed by atoms with Gasteiger partial charge in [-0.05, 0) is 30.9 Å². The number of benzene rings is 1. The lowest BCUT2D eigenvalue weighted by Crippen LogP contribution is -2.07. The molecular weight excluding hydrogens is 274 g/mol. The highest BCUT2D eigenvalue weighted by Gasteiger charge is 2.16. The lowest BCUT2D eigenvalue weighted by Gasteiger charge is -2.12. The number of nitrogens with zero attached hydrogens (tertiary/aromatic N) is 3. The number of imidazole rings is 1. The smallest absolute Gasteiger partial charge is 0.140 e. The number of pyridine rings is 1. The van der Waals surface area contributed by atoms with Crippen LogP contribution in [0.25, 0.3) is 22.3 Å². The van der Waals surface area contributed by atoms with E-state index < -0.39 is 0 Å². The standard InChI is InChI=1S/C18H19N3O/c1-2-4-17-15(3-1)16(5-8-19-17)18-20-9-11-21(18)10-6-14-7-12-22-13-14/h1-5,8-9,11,14H,6-7,10,12-13H2. The van der Waals surface area contributed by atoms with Crippen LogP contribution in [0, 0.1) is 5.92 Å². The van der Waals surface area contributed by atoms with Gasteiger partial charge in [-0.25, -0.2) is 4.98 Å². The zero-order chi connectivity index (χ0) is 14.8. The van der Waals surface area contributed by atoms with E-state index in [4.69, 9.17) is 4.74 Å². The van der Waals surface area contributed by atoms with Crippen LogP contribution in [0.1, 0.15) is 12.8 Å². The summed E-state index contributed by atoms with van der Waals surface area (Å²) in [7, 11) is 0. The number of hydrogen-bond acceptors (Lipinski definition) is 3. The fraction of sp³-hybridized carbons (Fsp3) is 0.333. The molecule has 1 atom stereocenters. The lowest BCUT2D eigenvalue weighted by molar-refractivity contribution is 0.183. The highest BCUT2D eigenvalue weighted by molar-refractivity contribution is 5.92. The molecule has 1 aliphatic rings. The van der Waals surface area contributed by atoms with E-state index in [1.54, 1.807) is 0 Å². The second kappa shape index (κ2) is 5.89. The van der Waals surface area contributed by atoms with Crippen molar-refractivity contribution in [2.75, 3.05) is 13.2 Å². The number of fused-ring (bicyclic) bond motifs is 1. The predicted octanol–water partition coefficient (Wildman–Crippen LogP) is 3.52. The second-order valence-corrected chi connectivity index (χ2v) is 5.84. The van der Waals surface area contributed by atoms with Crippen molar-refractivity contribution in [3.05, 3.63) is 48.9 Å². The van der Waals surface area contributed by atoms with Crippen molar-refractivity contribution in [2.45, 2.75) is 19.4 Å². The van der Waals surface area contributed by atoms with Gasteiger partial charge >= 0.3 is 0 Å². The summed E-state index contributed by atoms with van der Waals surface area (Å²) in [6, 6.07) is 10.3. The Bertz CT molecular complexity index is 769. The molecule has 1 aliphatic heterocycles. The zero-order valence-corrected chi connectivity index (χ0v) is 12.5. The SMILES string of the molecule is c1ccc2c(-c3nccn3CCC3CCOC3)ccnc2c1. The van der Waals surface area contributed by atoms with Crippen LogP contribution >= 0.6 is 0 Å². The molecule has 22 heavy (non-hydrogen) atoms. The van der Waals surface area contributed by atoms with E-state index in [1.807, 2.05) is 24.5 Å². The summed E-state index contributed by atoms with van der Waals surface area (Å²) in [4.78, 5) is 9.02. The first kappa shape index (κ1) is 13.5. The van der Waals surface area contributed by atoms with Crippen LogP contribution in [0.4, 0.5) is 0 Å². The summed E-state index contributed by atoms with van der Waals surface area (Å²) in [6.07, 6.45) is 8.14. The van der Waals surface area contributed by atoms with Crippen LogP contribution < -0.4 is 0 Å². The molecule has 2 aromatic heterocycles. The Morgan fingerprint density at radius 2 is 2.09 bits per heavy atom. The molecule has 3 aromatic rings. The van der Waals surface area contributed by atoms with Crippen LogP contribution in [-0.4, -0.2) is 27.7 Å². The van der Waals surface area contributed by atoms with Gasteiger partial charge in [0.2, 0.25) is 0 Å². The van der Waals surface area contributed by atoms with Gasteiger partial charge < -0.3 is 9.30 Å². The molecule has 4 rings (SSSR count). The molecule has 4 heteroatoms. The van der Waals surface area contributed by atoms with E-state index >= 15 is 0 Å². The molecule has 4 nitrogen and oxygen atoms in total. The van der Waals surface area contributed by atoms with E-state index in [0.29, 0.717) is 5.92 Å². The average Bonchev–Trinajstić information content (AvgIpc) is 3.24. The lowest BCUT2D eigenvalue weighted by atomic mass is 10.0. The van der Waals surface area contributed by atoms with Gasteiger partial charge in [0.15, 0.2) is 0 Å². The molecule has 0 spiro atoms. The molecular formula is C18H19N3O. The Labute approximate surface area is 129 Å². The normalized spacial score (nSPS) is 18.1. The second-order valence-electron chi connectivity index (χ2n) is 5.84. The molecule has 1 fully saturated rings. The summed E-state index contributed by atoms with van der Waals surface area (Å²) in [6.45, 7) is 2.80. The van der Waals surface area contributed by atoms with Crippen LogP contribution in [0.3, 0.4) is 0 Å². The summed E-state index contributed by atoms with van der Waals surface area (Å²) < 4.78 is 7.72. The predicted molar refractivity (Wildman–Crippen MR) is 86.5 cm³/mol. The minimum atomic E-state index is 0.685. The van der Waals surface area contributed by atoms with Crippen LogP contribution in [0.2, 0.25) is 0 Å². The Kier molecular flexibility index (Phi) is 3.60. The largest absolute Gasteiger partial charge is 0.381 e. The molecule has 0 aliphatic carbocycles. The number of para-hydroxylation sites is 1. The third kappa shape index (κ3) is 2.50. The van der Waals surface area contributed by atoms with Crippen molar-refractivity contribution in [2.24, 2.45) is 5.92 Å². The van der Waals surface area contributed by atoms with Crippen LogP contribution in [-0.2, 0) is 11.3 Å². The average molecular weight is 293 g/mol. The number of aromatic nitrogens is 3. The first-order chi connectivity index (χ1) is 10.9. The van der Waals surface area contributed by atoms with E-state index in [2.05, 4.69) is 38.9 Å². The van der Waals surface area contributed by atoms with Gasteiger partial charge in [-0.15, -0.1) is 0 Å². The Morgan fingerprint density at radius 1 is 1.14 bits per heavy atom. The van der Waals surface area contributed by atoms with Crippen LogP contribution in [0.5, 0.6) is 0 Å². The minimum Gasteiger partial charge on any atom is -0.381 e. The van der Waals surface area contributed by atoms with Crippen molar-refractivity contribution >= 4 is 10.9 Å². The third-order valence-corrected chi connectivity index (χ3v) is 4.41. The Hall–Kier alpha value is -2.20. The topological polar surface area (TPSA) is 39.9 Å². The molecule has 0 amide bonds. The third-order valence-electron chi connectivity index (χ3n) is 4.41. The van der Waals surface area contributed by atoms with Crippen molar-refractivity contribution < 1.29 is 4.74 Å². The Balaban J connectivity index is 1.66. The maximum Gasteiger partial charge on any atom is 0.140 e. The van der Waals surface area contributed by atoms with Crippen molar-refractivity contribution in [1.82, 2.24) is 14.5 Å². The van der Waals surface area contributed by atoms with Gasteiger partial charge in [-0.3, -0.25) is 4.98 Å². The van der Waals surface area contributed by atoms with Crippen molar-refractivity contribution in [3.63, 3.8) is 0 Å². The first-order valence-electron chi connectivity index (χ1n) is 7.85. The molecule has 0 radical (unpaired) electrons. The van der Waals surface area contributed by atoms with E-state index in [-0.39, 0.29) is 0 Å². The number of rotatable bonds is 4. The number of ether oxygens (including phenoxy) is 1. The zero-order valence-electron chi connectivity index (χ0n) is 12.5. The van der Waals surface area contributed by atoms with Gasteiger partial charge in [0.1, 0.15) is 5.82 Å². The van der Waals surface area contributed by atoms with Gasteiger partial charge in [0.25, 0.3) is 0 Å². The fourth-order valence-electron chi connectivity index (χ4n) is 3.16. The summed E-state index contributed by atoms with van der Waals surface area (Å²) in [5, 5.41) is 1.15.